The Hall–Kier alpha value is -3.14. The SMILES string of the molecule is Cc1ncccc1C(=O)Nc1c[nH]c2ncc(Br)c(N3CCCC(NC(=O)O)C3)c12. The van der Waals surface area contributed by atoms with E-state index in [1.165, 1.54) is 0 Å². The molecule has 3 aromatic heterocycles. The number of aromatic nitrogens is 3. The molecule has 1 aliphatic heterocycles. The number of nitrogens with zero attached hydrogens (tertiary/aromatic N) is 3. The summed E-state index contributed by atoms with van der Waals surface area (Å²) in [5.41, 5.74) is 3.26. The number of piperidine rings is 1. The summed E-state index contributed by atoms with van der Waals surface area (Å²) >= 11 is 3.59. The van der Waals surface area contributed by atoms with Gasteiger partial charge in [-0.15, -0.1) is 0 Å². The van der Waals surface area contributed by atoms with Crippen LogP contribution in [0.1, 0.15) is 28.9 Å². The van der Waals surface area contributed by atoms with Gasteiger partial charge in [0.25, 0.3) is 5.91 Å². The molecule has 9 nitrogen and oxygen atoms in total. The Kier molecular flexibility index (Phi) is 5.58. The Labute approximate surface area is 181 Å². The van der Waals surface area contributed by atoms with Gasteiger partial charge in [0.1, 0.15) is 5.65 Å². The summed E-state index contributed by atoms with van der Waals surface area (Å²) in [6, 6.07) is 3.29. The van der Waals surface area contributed by atoms with Crippen molar-refractivity contribution in [1.29, 1.82) is 0 Å². The van der Waals surface area contributed by atoms with Crippen LogP contribution in [0.15, 0.2) is 35.2 Å². The lowest BCUT2D eigenvalue weighted by molar-refractivity contribution is 0.102. The van der Waals surface area contributed by atoms with Crippen LogP contribution in [0.5, 0.6) is 0 Å². The molecule has 1 atom stereocenters. The molecular formula is C20H21BrN6O3. The first kappa shape index (κ1) is 20.1. The average molecular weight is 473 g/mol. The molecule has 2 amide bonds. The molecule has 4 heterocycles. The zero-order valence-electron chi connectivity index (χ0n) is 16.3. The molecule has 0 radical (unpaired) electrons. The first-order valence-corrected chi connectivity index (χ1v) is 10.4. The highest BCUT2D eigenvalue weighted by molar-refractivity contribution is 9.10. The lowest BCUT2D eigenvalue weighted by atomic mass is 10.0. The van der Waals surface area contributed by atoms with Crippen molar-refractivity contribution in [1.82, 2.24) is 20.3 Å². The highest BCUT2D eigenvalue weighted by Crippen LogP contribution is 2.39. The van der Waals surface area contributed by atoms with Gasteiger partial charge >= 0.3 is 6.09 Å². The molecule has 1 unspecified atom stereocenters. The van der Waals surface area contributed by atoms with Crippen molar-refractivity contribution in [3.05, 3.63) is 46.5 Å². The van der Waals surface area contributed by atoms with Crippen LogP contribution in [0.2, 0.25) is 0 Å². The molecule has 10 heteroatoms. The van der Waals surface area contributed by atoms with E-state index in [1.54, 1.807) is 37.6 Å². The third-order valence-electron chi connectivity index (χ3n) is 5.19. The van der Waals surface area contributed by atoms with Gasteiger partial charge in [0.15, 0.2) is 0 Å². The standard InChI is InChI=1S/C20H21BrN6O3/c1-11-13(5-2-6-22-11)19(28)26-15-9-24-18-16(15)17(14(21)8-23-18)27-7-3-4-12(10-27)25-20(29)30/h2,5-6,8-9,12,25H,3-4,7,10H2,1H3,(H,23,24)(H,26,28)(H,29,30). The van der Waals surface area contributed by atoms with Gasteiger partial charge in [-0.3, -0.25) is 9.78 Å². The summed E-state index contributed by atoms with van der Waals surface area (Å²) in [5.74, 6) is -0.253. The minimum Gasteiger partial charge on any atom is -0.465 e. The Morgan fingerprint density at radius 2 is 2.20 bits per heavy atom. The highest BCUT2D eigenvalue weighted by Gasteiger charge is 2.26. The molecule has 1 saturated heterocycles. The lowest BCUT2D eigenvalue weighted by Gasteiger charge is -2.35. The summed E-state index contributed by atoms with van der Waals surface area (Å²) in [7, 11) is 0. The maximum atomic E-state index is 12.8. The summed E-state index contributed by atoms with van der Waals surface area (Å²) in [6.07, 6.45) is 5.68. The molecule has 0 aliphatic carbocycles. The largest absolute Gasteiger partial charge is 0.465 e. The topological polar surface area (TPSA) is 123 Å². The van der Waals surface area contributed by atoms with Gasteiger partial charge < -0.3 is 25.6 Å². The Bertz CT molecular complexity index is 1120. The minimum absolute atomic E-state index is 0.165. The van der Waals surface area contributed by atoms with Crippen molar-refractivity contribution in [2.75, 3.05) is 23.3 Å². The van der Waals surface area contributed by atoms with Crippen LogP contribution in [-0.4, -0.2) is 51.2 Å². The van der Waals surface area contributed by atoms with Crippen molar-refractivity contribution < 1.29 is 14.7 Å². The van der Waals surface area contributed by atoms with E-state index in [9.17, 15) is 9.59 Å². The number of aromatic amines is 1. The maximum absolute atomic E-state index is 12.8. The van der Waals surface area contributed by atoms with E-state index in [-0.39, 0.29) is 11.9 Å². The molecule has 4 N–H and O–H groups in total. The van der Waals surface area contributed by atoms with Crippen molar-refractivity contribution in [2.45, 2.75) is 25.8 Å². The molecule has 0 spiro atoms. The third-order valence-corrected chi connectivity index (χ3v) is 5.77. The van der Waals surface area contributed by atoms with E-state index in [4.69, 9.17) is 5.11 Å². The van der Waals surface area contributed by atoms with Gasteiger partial charge in [-0.1, -0.05) is 0 Å². The van der Waals surface area contributed by atoms with Crippen LogP contribution in [0.25, 0.3) is 11.0 Å². The lowest BCUT2D eigenvalue weighted by Crippen LogP contribution is -2.47. The number of carboxylic acid groups (broad SMARTS) is 1. The fraction of sp³-hybridized carbons (Fsp3) is 0.300. The van der Waals surface area contributed by atoms with Crippen LogP contribution in [-0.2, 0) is 0 Å². The predicted molar refractivity (Wildman–Crippen MR) is 117 cm³/mol. The number of hydrogen-bond acceptors (Lipinski definition) is 5. The van der Waals surface area contributed by atoms with Gasteiger partial charge in [0, 0.05) is 43.4 Å². The van der Waals surface area contributed by atoms with E-state index in [2.05, 4.69) is 46.4 Å². The second kappa shape index (κ2) is 8.31. The summed E-state index contributed by atoms with van der Waals surface area (Å²) in [5, 5.41) is 15.4. The van der Waals surface area contributed by atoms with Crippen molar-refractivity contribution >= 4 is 50.3 Å². The summed E-state index contributed by atoms with van der Waals surface area (Å²) in [4.78, 5) is 37.7. The Balaban J connectivity index is 1.70. The number of carbonyl (C=O) groups excluding carboxylic acids is 1. The fourth-order valence-corrected chi connectivity index (χ4v) is 4.40. The van der Waals surface area contributed by atoms with Crippen molar-refractivity contribution in [3.8, 4) is 0 Å². The first-order chi connectivity index (χ1) is 14.4. The van der Waals surface area contributed by atoms with Crippen LogP contribution >= 0.6 is 15.9 Å². The second-order valence-corrected chi connectivity index (χ2v) is 8.06. The van der Waals surface area contributed by atoms with Gasteiger partial charge in [0.2, 0.25) is 0 Å². The van der Waals surface area contributed by atoms with E-state index < -0.39 is 6.09 Å². The molecule has 0 aromatic carbocycles. The molecule has 30 heavy (non-hydrogen) atoms. The zero-order valence-corrected chi connectivity index (χ0v) is 17.9. The van der Waals surface area contributed by atoms with Crippen molar-refractivity contribution in [2.24, 2.45) is 0 Å². The van der Waals surface area contributed by atoms with Gasteiger partial charge in [-0.25, -0.2) is 9.78 Å². The first-order valence-electron chi connectivity index (χ1n) is 9.57. The zero-order chi connectivity index (χ0) is 21.3. The number of fused-ring (bicyclic) bond motifs is 1. The number of aryl methyl sites for hydroxylation is 1. The molecule has 1 aliphatic rings. The number of pyridine rings is 2. The smallest absolute Gasteiger partial charge is 0.404 e. The predicted octanol–water partition coefficient (Wildman–Crippen LogP) is 3.52. The number of carbonyl (C=O) groups is 2. The summed E-state index contributed by atoms with van der Waals surface area (Å²) in [6.45, 7) is 3.09. The van der Waals surface area contributed by atoms with Crippen LogP contribution < -0.4 is 15.5 Å². The van der Waals surface area contributed by atoms with Crippen LogP contribution in [0.4, 0.5) is 16.2 Å². The molecule has 1 fully saturated rings. The van der Waals surface area contributed by atoms with Crippen LogP contribution in [0.3, 0.4) is 0 Å². The number of rotatable bonds is 4. The van der Waals surface area contributed by atoms with Gasteiger partial charge in [-0.2, -0.15) is 0 Å². The Morgan fingerprint density at radius 1 is 1.37 bits per heavy atom. The van der Waals surface area contributed by atoms with Crippen molar-refractivity contribution in [3.63, 3.8) is 0 Å². The number of anilines is 2. The molecule has 0 bridgehead atoms. The molecule has 0 saturated carbocycles. The number of hydrogen-bond donors (Lipinski definition) is 4. The normalized spacial score (nSPS) is 16.5. The van der Waals surface area contributed by atoms with E-state index in [1.807, 2.05) is 0 Å². The van der Waals surface area contributed by atoms with Gasteiger partial charge in [-0.05, 0) is 47.8 Å². The van der Waals surface area contributed by atoms with E-state index >= 15 is 0 Å². The second-order valence-electron chi connectivity index (χ2n) is 7.21. The van der Waals surface area contributed by atoms with Gasteiger partial charge in [0.05, 0.1) is 26.8 Å². The van der Waals surface area contributed by atoms with E-state index in [0.717, 1.165) is 34.9 Å². The van der Waals surface area contributed by atoms with E-state index in [0.29, 0.717) is 29.1 Å². The number of halogens is 1. The Morgan fingerprint density at radius 3 is 2.97 bits per heavy atom. The third kappa shape index (κ3) is 3.95. The quantitative estimate of drug-likeness (QED) is 0.460. The highest BCUT2D eigenvalue weighted by atomic mass is 79.9. The van der Waals surface area contributed by atoms with Crippen LogP contribution in [0, 0.1) is 6.92 Å². The molecule has 156 valence electrons. The number of amides is 2. The molecule has 4 rings (SSSR count). The summed E-state index contributed by atoms with van der Waals surface area (Å²) < 4.78 is 0.777. The maximum Gasteiger partial charge on any atom is 0.404 e. The molecular weight excluding hydrogens is 452 g/mol. The minimum atomic E-state index is -1.03. The molecule has 3 aromatic rings. The monoisotopic (exact) mass is 472 g/mol. The fourth-order valence-electron chi connectivity index (χ4n) is 3.85. The number of H-pyrrole nitrogens is 1. The average Bonchev–Trinajstić information content (AvgIpc) is 3.10. The number of nitrogens with one attached hydrogen (secondary N) is 3.